The monoisotopic (exact) mass is 273 g/mol. The molecule has 92 valence electrons. The molecular weight excluding hydrogens is 262 g/mol. The summed E-state index contributed by atoms with van der Waals surface area (Å²) in [6.45, 7) is 1.22. The topological polar surface area (TPSA) is 82.8 Å². The average molecular weight is 273 g/mol. The summed E-state index contributed by atoms with van der Waals surface area (Å²) < 4.78 is -0.421. The van der Waals surface area contributed by atoms with Gasteiger partial charge in [-0.25, -0.2) is 4.90 Å². The Morgan fingerprint density at radius 2 is 2.29 bits per heavy atom. The van der Waals surface area contributed by atoms with E-state index in [1.165, 1.54) is 0 Å². The number of carboxylic acids is 1. The number of carbonyl (C=O) groups excluding carboxylic acids is 1. The van der Waals surface area contributed by atoms with E-state index in [4.69, 9.17) is 5.11 Å². The molecule has 0 bridgehead atoms. The van der Waals surface area contributed by atoms with Crippen LogP contribution in [0, 0.1) is 0 Å². The van der Waals surface area contributed by atoms with Gasteiger partial charge in [0.15, 0.2) is 4.33 Å². The molecule has 0 saturated carbocycles. The van der Waals surface area contributed by atoms with Crippen LogP contribution in [0.2, 0.25) is 0 Å². The van der Waals surface area contributed by atoms with E-state index in [0.717, 1.165) is 12.3 Å². The van der Waals surface area contributed by atoms with Crippen LogP contribution < -0.4 is 5.32 Å². The Balaban J connectivity index is 1.64. The first kappa shape index (κ1) is 10.5. The molecule has 2 unspecified atom stereocenters. The fraction of sp³-hybridized carbons (Fsp3) is 0.778. The zero-order chi connectivity index (χ0) is 11.8. The van der Waals surface area contributed by atoms with Gasteiger partial charge in [-0.1, -0.05) is 0 Å². The second-order valence-corrected chi connectivity index (χ2v) is 7.38. The maximum Gasteiger partial charge on any atom is 0.321 e. The Labute approximate surface area is 106 Å². The molecule has 0 aromatic carbocycles. The third kappa shape index (κ3) is 1.08. The lowest BCUT2D eigenvalue weighted by molar-refractivity contribution is -0.170. The SMILES string of the molecule is O=C(O)C1CS[C@@]23SCC4(CN4)C(=O)N2CN13. The number of hydrogen-bond acceptors (Lipinski definition) is 6. The summed E-state index contributed by atoms with van der Waals surface area (Å²) in [6.07, 6.45) is 0. The van der Waals surface area contributed by atoms with Gasteiger partial charge in [0, 0.05) is 18.1 Å². The highest BCUT2D eigenvalue weighted by Gasteiger charge is 2.71. The largest absolute Gasteiger partial charge is 0.480 e. The number of nitrogens with one attached hydrogen (secondary N) is 1. The molecule has 1 amide bonds. The van der Waals surface area contributed by atoms with E-state index in [-0.39, 0.29) is 11.4 Å². The first-order valence-electron chi connectivity index (χ1n) is 5.44. The molecule has 4 aliphatic heterocycles. The van der Waals surface area contributed by atoms with E-state index < -0.39 is 16.3 Å². The molecular formula is C9H11N3O3S2. The van der Waals surface area contributed by atoms with E-state index in [2.05, 4.69) is 5.32 Å². The van der Waals surface area contributed by atoms with Gasteiger partial charge in [0.05, 0.1) is 6.67 Å². The standard InChI is InChI=1S/C9H11N3O3S2/c13-6(14)5-1-16-9-11(5)4-12(9)7(15)8(2-10-8)3-17-9/h5,10H,1-4H2,(H,13,14)/t5?,8?,9-/m0/s1. The molecule has 4 rings (SSSR count). The van der Waals surface area contributed by atoms with Crippen molar-refractivity contribution in [3.63, 3.8) is 0 Å². The Hall–Kier alpha value is -0.440. The minimum atomic E-state index is -0.785. The molecule has 4 saturated heterocycles. The highest BCUT2D eigenvalue weighted by atomic mass is 32.2. The molecule has 8 heteroatoms. The van der Waals surface area contributed by atoms with Gasteiger partial charge in [0.1, 0.15) is 11.6 Å². The number of carbonyl (C=O) groups is 2. The summed E-state index contributed by atoms with van der Waals surface area (Å²) >= 11 is 3.27. The molecule has 2 spiro atoms. The Kier molecular flexibility index (Phi) is 1.81. The third-order valence-corrected chi connectivity index (χ3v) is 7.34. The van der Waals surface area contributed by atoms with Crippen molar-refractivity contribution in [2.75, 3.05) is 24.7 Å². The summed E-state index contributed by atoms with van der Waals surface area (Å²) in [5.41, 5.74) is -0.329. The number of thioether (sulfide) groups is 2. The molecule has 0 aromatic heterocycles. The maximum absolute atomic E-state index is 12.2. The first-order valence-corrected chi connectivity index (χ1v) is 7.41. The number of aliphatic carboxylic acids is 1. The summed E-state index contributed by atoms with van der Waals surface area (Å²) in [6, 6.07) is -0.447. The van der Waals surface area contributed by atoms with Crippen molar-refractivity contribution in [3.05, 3.63) is 0 Å². The van der Waals surface area contributed by atoms with Crippen molar-refractivity contribution in [1.82, 2.24) is 15.1 Å². The highest BCUT2D eigenvalue weighted by molar-refractivity contribution is 8.18. The molecule has 2 N–H and O–H groups in total. The van der Waals surface area contributed by atoms with Crippen LogP contribution in [0.5, 0.6) is 0 Å². The summed E-state index contributed by atoms with van der Waals surface area (Å²) in [5, 5.41) is 12.3. The molecule has 3 atom stereocenters. The van der Waals surface area contributed by atoms with Gasteiger partial charge in [-0.05, 0) is 0 Å². The van der Waals surface area contributed by atoms with Crippen molar-refractivity contribution >= 4 is 35.4 Å². The van der Waals surface area contributed by atoms with Crippen LogP contribution in [-0.2, 0) is 9.59 Å². The van der Waals surface area contributed by atoms with Crippen molar-refractivity contribution < 1.29 is 14.7 Å². The van der Waals surface area contributed by atoms with Crippen LogP contribution in [0.15, 0.2) is 0 Å². The van der Waals surface area contributed by atoms with Crippen LogP contribution in [0.1, 0.15) is 0 Å². The zero-order valence-corrected chi connectivity index (χ0v) is 10.5. The average Bonchev–Trinajstić information content (AvgIpc) is 2.99. The van der Waals surface area contributed by atoms with E-state index >= 15 is 0 Å². The van der Waals surface area contributed by atoms with E-state index in [1.54, 1.807) is 23.5 Å². The summed E-state index contributed by atoms with van der Waals surface area (Å²) in [5.74, 6) is 0.669. The number of amides is 1. The quantitative estimate of drug-likeness (QED) is 0.592. The molecule has 0 aromatic rings. The van der Waals surface area contributed by atoms with Crippen LogP contribution in [0.25, 0.3) is 0 Å². The predicted molar refractivity (Wildman–Crippen MR) is 63.4 cm³/mol. The van der Waals surface area contributed by atoms with E-state index in [1.807, 2.05) is 9.80 Å². The number of nitrogens with zero attached hydrogens (tertiary/aromatic N) is 2. The van der Waals surface area contributed by atoms with Gasteiger partial charge in [0.25, 0.3) is 0 Å². The lowest BCUT2D eigenvalue weighted by atomic mass is 10.1. The smallest absolute Gasteiger partial charge is 0.321 e. The fourth-order valence-corrected chi connectivity index (χ4v) is 6.11. The Morgan fingerprint density at radius 1 is 1.53 bits per heavy atom. The minimum absolute atomic E-state index is 0.144. The van der Waals surface area contributed by atoms with Crippen molar-refractivity contribution in [3.8, 4) is 0 Å². The van der Waals surface area contributed by atoms with E-state index in [9.17, 15) is 9.59 Å². The number of carboxylic acid groups (broad SMARTS) is 1. The van der Waals surface area contributed by atoms with Crippen LogP contribution >= 0.6 is 23.5 Å². The van der Waals surface area contributed by atoms with Gasteiger partial charge < -0.3 is 5.11 Å². The number of hydrogen-bond donors (Lipinski definition) is 2. The molecule has 6 nitrogen and oxygen atoms in total. The lowest BCUT2D eigenvalue weighted by Gasteiger charge is -2.59. The molecule has 4 heterocycles. The van der Waals surface area contributed by atoms with Crippen LogP contribution in [0.3, 0.4) is 0 Å². The molecule has 0 aliphatic carbocycles. The predicted octanol–water partition coefficient (Wildman–Crippen LogP) is -1.01. The normalized spacial score (nSPS) is 47.6. The highest BCUT2D eigenvalue weighted by Crippen LogP contribution is 2.60. The van der Waals surface area contributed by atoms with Gasteiger partial charge in [-0.3, -0.25) is 19.8 Å². The lowest BCUT2D eigenvalue weighted by Crippen LogP contribution is -2.76. The minimum Gasteiger partial charge on any atom is -0.480 e. The second-order valence-electron chi connectivity index (χ2n) is 4.78. The van der Waals surface area contributed by atoms with Crippen LogP contribution in [-0.4, -0.2) is 67.4 Å². The number of rotatable bonds is 1. The summed E-state index contributed by atoms with van der Waals surface area (Å²) in [4.78, 5) is 27.1. The Morgan fingerprint density at radius 3 is 2.94 bits per heavy atom. The van der Waals surface area contributed by atoms with Gasteiger partial charge >= 0.3 is 5.97 Å². The van der Waals surface area contributed by atoms with Gasteiger partial charge in [-0.2, -0.15) is 0 Å². The van der Waals surface area contributed by atoms with Crippen molar-refractivity contribution in [2.24, 2.45) is 0 Å². The van der Waals surface area contributed by atoms with E-state index in [0.29, 0.717) is 12.4 Å². The molecule has 4 aliphatic rings. The zero-order valence-electron chi connectivity index (χ0n) is 8.88. The van der Waals surface area contributed by atoms with Crippen molar-refractivity contribution in [2.45, 2.75) is 15.9 Å². The summed E-state index contributed by atoms with van der Waals surface area (Å²) in [7, 11) is 0. The van der Waals surface area contributed by atoms with Gasteiger partial charge in [0.2, 0.25) is 5.91 Å². The Bertz CT molecular complexity index is 441. The molecule has 4 fully saturated rings. The van der Waals surface area contributed by atoms with Gasteiger partial charge in [-0.15, -0.1) is 23.5 Å². The second kappa shape index (κ2) is 2.93. The molecule has 17 heavy (non-hydrogen) atoms. The van der Waals surface area contributed by atoms with Crippen LogP contribution in [0.4, 0.5) is 0 Å². The third-order valence-electron chi connectivity index (χ3n) is 3.85. The van der Waals surface area contributed by atoms with Crippen molar-refractivity contribution in [1.29, 1.82) is 0 Å². The fourth-order valence-electron chi connectivity index (χ4n) is 2.64. The molecule has 0 radical (unpaired) electrons. The first-order chi connectivity index (χ1) is 8.09. The maximum atomic E-state index is 12.2.